The van der Waals surface area contributed by atoms with Gasteiger partial charge in [0.15, 0.2) is 0 Å². The van der Waals surface area contributed by atoms with Gasteiger partial charge in [0.1, 0.15) is 5.03 Å². The molecule has 0 saturated heterocycles. The number of thiophene rings is 1. The van der Waals surface area contributed by atoms with Gasteiger partial charge in [-0.3, -0.25) is 4.79 Å². The van der Waals surface area contributed by atoms with Crippen LogP contribution >= 0.6 is 23.1 Å². The van der Waals surface area contributed by atoms with E-state index < -0.39 is 0 Å². The summed E-state index contributed by atoms with van der Waals surface area (Å²) in [5.41, 5.74) is 2.77. The summed E-state index contributed by atoms with van der Waals surface area (Å²) < 4.78 is 5.09. The zero-order valence-corrected chi connectivity index (χ0v) is 13.5. The molecule has 1 N–H and O–H groups in total. The predicted molar refractivity (Wildman–Crippen MR) is 89.2 cm³/mol. The van der Waals surface area contributed by atoms with E-state index in [1.807, 2.05) is 12.3 Å². The molecule has 0 radical (unpaired) electrons. The summed E-state index contributed by atoms with van der Waals surface area (Å²) >= 11 is 3.09. The summed E-state index contributed by atoms with van der Waals surface area (Å²) in [6.07, 6.45) is 6.97. The average molecular weight is 330 g/mol. The minimum absolute atomic E-state index is 0.101. The van der Waals surface area contributed by atoms with Gasteiger partial charge >= 0.3 is 0 Å². The molecule has 4 nitrogen and oxygen atoms in total. The van der Waals surface area contributed by atoms with Crippen LogP contribution in [0, 0.1) is 0 Å². The quantitative estimate of drug-likeness (QED) is 0.717. The van der Waals surface area contributed by atoms with Crippen molar-refractivity contribution in [3.63, 3.8) is 0 Å². The number of hydrogen-bond acceptors (Lipinski definition) is 5. The van der Waals surface area contributed by atoms with Gasteiger partial charge in [-0.05, 0) is 41.5 Å². The van der Waals surface area contributed by atoms with E-state index >= 15 is 0 Å². The predicted octanol–water partition coefficient (Wildman–Crippen LogP) is 4.06. The van der Waals surface area contributed by atoms with Crippen LogP contribution in [0.3, 0.4) is 0 Å². The molecule has 0 atom stereocenters. The SMILES string of the molecule is CSc1ncccc1C(=O)NCc1cc(-c2ccoc2)cs1. The normalized spacial score (nSPS) is 10.6. The molecule has 112 valence electrons. The Morgan fingerprint density at radius 1 is 1.41 bits per heavy atom. The van der Waals surface area contributed by atoms with Crippen LogP contribution in [0.2, 0.25) is 0 Å². The summed E-state index contributed by atoms with van der Waals surface area (Å²) in [5, 5.41) is 5.74. The molecule has 1 amide bonds. The lowest BCUT2D eigenvalue weighted by Gasteiger charge is -2.06. The molecule has 22 heavy (non-hydrogen) atoms. The maximum atomic E-state index is 12.3. The topological polar surface area (TPSA) is 55.1 Å². The lowest BCUT2D eigenvalue weighted by Crippen LogP contribution is -2.23. The van der Waals surface area contributed by atoms with Gasteiger partial charge in [-0.15, -0.1) is 23.1 Å². The first-order chi connectivity index (χ1) is 10.8. The van der Waals surface area contributed by atoms with Crippen molar-refractivity contribution in [3.8, 4) is 11.1 Å². The van der Waals surface area contributed by atoms with Crippen LogP contribution in [0.15, 0.2) is 57.8 Å². The van der Waals surface area contributed by atoms with Crippen LogP contribution in [0.5, 0.6) is 0 Å². The van der Waals surface area contributed by atoms with Crippen molar-refractivity contribution in [3.05, 3.63) is 58.8 Å². The molecule has 3 heterocycles. The minimum atomic E-state index is -0.101. The van der Waals surface area contributed by atoms with Crippen molar-refractivity contribution in [2.45, 2.75) is 11.6 Å². The number of rotatable bonds is 5. The molecule has 0 aliphatic carbocycles. The Balaban J connectivity index is 1.66. The lowest BCUT2D eigenvalue weighted by molar-refractivity contribution is 0.0947. The Kier molecular flexibility index (Phi) is 4.60. The zero-order chi connectivity index (χ0) is 15.4. The standard InChI is InChI=1S/C16H14N2O2S2/c1-21-16-14(3-2-5-17-16)15(19)18-8-13-7-12(10-22-13)11-4-6-20-9-11/h2-7,9-10H,8H2,1H3,(H,18,19). The second-order valence-electron chi connectivity index (χ2n) is 4.56. The highest BCUT2D eigenvalue weighted by Crippen LogP contribution is 2.26. The van der Waals surface area contributed by atoms with Crippen LogP contribution in [0.4, 0.5) is 0 Å². The number of nitrogens with one attached hydrogen (secondary N) is 1. The highest BCUT2D eigenvalue weighted by atomic mass is 32.2. The van der Waals surface area contributed by atoms with Crippen molar-refractivity contribution < 1.29 is 9.21 Å². The molecular formula is C16H14N2O2S2. The molecule has 3 aromatic rings. The third kappa shape index (κ3) is 3.23. The molecule has 0 saturated carbocycles. The monoisotopic (exact) mass is 330 g/mol. The summed E-state index contributed by atoms with van der Waals surface area (Å²) in [6, 6.07) is 7.55. The Labute approximate surface area is 136 Å². The number of pyridine rings is 1. The molecule has 0 aromatic carbocycles. The average Bonchev–Trinajstić information content (AvgIpc) is 3.23. The summed E-state index contributed by atoms with van der Waals surface area (Å²) in [7, 11) is 0. The summed E-state index contributed by atoms with van der Waals surface area (Å²) in [4.78, 5) is 17.6. The first-order valence-electron chi connectivity index (χ1n) is 6.65. The van der Waals surface area contributed by atoms with E-state index in [2.05, 4.69) is 21.7 Å². The summed E-state index contributed by atoms with van der Waals surface area (Å²) in [5.74, 6) is -0.101. The third-order valence-electron chi connectivity index (χ3n) is 3.14. The van der Waals surface area contributed by atoms with Gasteiger partial charge in [-0.2, -0.15) is 0 Å². The number of nitrogens with zero attached hydrogens (tertiary/aromatic N) is 1. The maximum Gasteiger partial charge on any atom is 0.254 e. The molecular weight excluding hydrogens is 316 g/mol. The van der Waals surface area contributed by atoms with Crippen molar-refractivity contribution >= 4 is 29.0 Å². The Morgan fingerprint density at radius 3 is 3.09 bits per heavy atom. The number of amides is 1. The molecule has 0 fully saturated rings. The van der Waals surface area contributed by atoms with E-state index in [0.29, 0.717) is 12.1 Å². The van der Waals surface area contributed by atoms with Gasteiger partial charge < -0.3 is 9.73 Å². The first kappa shape index (κ1) is 14.9. The highest BCUT2D eigenvalue weighted by molar-refractivity contribution is 7.98. The molecule has 6 heteroatoms. The molecule has 0 aliphatic heterocycles. The minimum Gasteiger partial charge on any atom is -0.472 e. The molecule has 0 bridgehead atoms. The molecule has 0 unspecified atom stereocenters. The Bertz CT molecular complexity index is 766. The third-order valence-corrected chi connectivity index (χ3v) is 4.79. The van der Waals surface area contributed by atoms with Gasteiger partial charge in [0.05, 0.1) is 24.6 Å². The van der Waals surface area contributed by atoms with Crippen molar-refractivity contribution in [2.24, 2.45) is 0 Å². The fourth-order valence-corrected chi connectivity index (χ4v) is 3.42. The number of carbonyl (C=O) groups is 1. The van der Waals surface area contributed by atoms with Gasteiger partial charge in [-0.25, -0.2) is 4.98 Å². The smallest absolute Gasteiger partial charge is 0.254 e. The largest absolute Gasteiger partial charge is 0.472 e. The fourth-order valence-electron chi connectivity index (χ4n) is 2.04. The van der Waals surface area contributed by atoms with E-state index in [1.54, 1.807) is 42.2 Å². The Morgan fingerprint density at radius 2 is 2.32 bits per heavy atom. The second kappa shape index (κ2) is 6.81. The van der Waals surface area contributed by atoms with Gasteiger partial charge in [-0.1, -0.05) is 0 Å². The lowest BCUT2D eigenvalue weighted by atomic mass is 10.2. The molecule has 3 aromatic heterocycles. The molecule has 0 aliphatic rings. The van der Waals surface area contributed by atoms with Crippen molar-refractivity contribution in [1.82, 2.24) is 10.3 Å². The second-order valence-corrected chi connectivity index (χ2v) is 6.35. The van der Waals surface area contributed by atoms with E-state index in [-0.39, 0.29) is 5.91 Å². The van der Waals surface area contributed by atoms with Crippen LogP contribution < -0.4 is 5.32 Å². The van der Waals surface area contributed by atoms with Gasteiger partial charge in [0.2, 0.25) is 0 Å². The number of thioether (sulfide) groups is 1. The fraction of sp³-hybridized carbons (Fsp3) is 0.125. The van der Waals surface area contributed by atoms with Crippen LogP contribution in [0.1, 0.15) is 15.2 Å². The van der Waals surface area contributed by atoms with E-state index in [4.69, 9.17) is 4.42 Å². The molecule has 0 spiro atoms. The van der Waals surface area contributed by atoms with Gasteiger partial charge in [0, 0.05) is 16.6 Å². The van der Waals surface area contributed by atoms with E-state index in [1.165, 1.54) is 11.8 Å². The maximum absolute atomic E-state index is 12.3. The first-order valence-corrected chi connectivity index (χ1v) is 8.75. The van der Waals surface area contributed by atoms with E-state index in [9.17, 15) is 4.79 Å². The number of furan rings is 1. The van der Waals surface area contributed by atoms with Crippen molar-refractivity contribution in [1.29, 1.82) is 0 Å². The van der Waals surface area contributed by atoms with Crippen molar-refractivity contribution in [2.75, 3.05) is 6.26 Å². The van der Waals surface area contributed by atoms with E-state index in [0.717, 1.165) is 21.0 Å². The highest BCUT2D eigenvalue weighted by Gasteiger charge is 2.12. The van der Waals surface area contributed by atoms with Gasteiger partial charge in [0.25, 0.3) is 5.91 Å². The number of carbonyl (C=O) groups excluding carboxylic acids is 1. The summed E-state index contributed by atoms with van der Waals surface area (Å²) in [6.45, 7) is 0.504. The van der Waals surface area contributed by atoms with Crippen LogP contribution in [0.25, 0.3) is 11.1 Å². The van der Waals surface area contributed by atoms with Crippen LogP contribution in [-0.4, -0.2) is 17.1 Å². The Hall–Kier alpha value is -2.05. The zero-order valence-electron chi connectivity index (χ0n) is 11.9. The number of hydrogen-bond donors (Lipinski definition) is 1. The number of aromatic nitrogens is 1. The molecule has 3 rings (SSSR count). The van der Waals surface area contributed by atoms with Crippen LogP contribution in [-0.2, 0) is 6.54 Å².